The predicted molar refractivity (Wildman–Crippen MR) is 90.4 cm³/mol. The Hall–Kier alpha value is -3.20. The number of rotatable bonds is 6. The maximum Gasteiger partial charge on any atom is 0.341 e. The molecular formula is C16H12N4O4S. The first-order chi connectivity index (χ1) is 12.0. The van der Waals surface area contributed by atoms with Gasteiger partial charge in [0, 0.05) is 17.8 Å². The fraction of sp³-hybridized carbons (Fsp3) is 0.0625. The zero-order valence-electron chi connectivity index (χ0n) is 12.7. The van der Waals surface area contributed by atoms with Gasteiger partial charge in [-0.2, -0.15) is 0 Å². The number of ketones is 1. The third-order valence-corrected chi connectivity index (χ3v) is 4.07. The van der Waals surface area contributed by atoms with Gasteiger partial charge in [-0.3, -0.25) is 4.79 Å². The number of nitrogens with zero attached hydrogens (tertiary/aromatic N) is 3. The highest BCUT2D eigenvalue weighted by Crippen LogP contribution is 2.21. The lowest BCUT2D eigenvalue weighted by atomic mass is 10.1. The number of thioether (sulfide) groups is 1. The van der Waals surface area contributed by atoms with Gasteiger partial charge in [-0.15, -0.1) is 0 Å². The van der Waals surface area contributed by atoms with Crippen LogP contribution < -0.4 is 5.73 Å². The number of carboxylic acid groups (broad SMARTS) is 1. The first-order valence-corrected chi connectivity index (χ1v) is 8.07. The van der Waals surface area contributed by atoms with Gasteiger partial charge in [0.25, 0.3) is 0 Å². The van der Waals surface area contributed by atoms with Crippen LogP contribution in [0.2, 0.25) is 0 Å². The van der Waals surface area contributed by atoms with Crippen molar-refractivity contribution in [2.24, 2.45) is 0 Å². The average Bonchev–Trinajstić information content (AvgIpc) is 3.10. The first-order valence-electron chi connectivity index (χ1n) is 7.08. The minimum Gasteiger partial charge on any atom is -0.477 e. The van der Waals surface area contributed by atoms with E-state index in [0.29, 0.717) is 5.69 Å². The molecule has 126 valence electrons. The standard InChI is InChI=1S/C16H12N4O4S/c17-14-10(15(22)23)7-18-16(19-14)25-8-12(21)13-6-11(20-24-13)9-4-2-1-3-5-9/h1-7H,8H2,(H,22,23)(H2,17,18,19). The molecule has 0 atom stereocenters. The number of aromatic carboxylic acids is 1. The van der Waals surface area contributed by atoms with E-state index >= 15 is 0 Å². The molecule has 0 bridgehead atoms. The summed E-state index contributed by atoms with van der Waals surface area (Å²) in [7, 11) is 0. The summed E-state index contributed by atoms with van der Waals surface area (Å²) in [5.74, 6) is -1.51. The van der Waals surface area contributed by atoms with E-state index in [1.54, 1.807) is 6.07 Å². The number of benzene rings is 1. The number of Topliss-reactive ketones (excluding diaryl/α,β-unsaturated/α-hetero) is 1. The zero-order valence-corrected chi connectivity index (χ0v) is 13.6. The van der Waals surface area contributed by atoms with Crippen LogP contribution in [-0.2, 0) is 0 Å². The Kier molecular flexibility index (Phi) is 4.75. The van der Waals surface area contributed by atoms with Crippen molar-refractivity contribution in [2.45, 2.75) is 5.16 Å². The smallest absolute Gasteiger partial charge is 0.341 e. The van der Waals surface area contributed by atoms with E-state index in [1.165, 1.54) is 0 Å². The second kappa shape index (κ2) is 7.14. The summed E-state index contributed by atoms with van der Waals surface area (Å²) in [4.78, 5) is 30.8. The van der Waals surface area contributed by atoms with Crippen LogP contribution in [-0.4, -0.2) is 37.7 Å². The molecule has 0 saturated carbocycles. The van der Waals surface area contributed by atoms with Crippen molar-refractivity contribution in [1.29, 1.82) is 0 Å². The Labute approximate surface area is 146 Å². The molecule has 9 heteroatoms. The van der Waals surface area contributed by atoms with Crippen LogP contribution in [0.3, 0.4) is 0 Å². The summed E-state index contributed by atoms with van der Waals surface area (Å²) in [6.45, 7) is 0. The molecule has 0 fully saturated rings. The van der Waals surface area contributed by atoms with Crippen LogP contribution in [0.15, 0.2) is 52.3 Å². The number of hydrogen-bond acceptors (Lipinski definition) is 8. The van der Waals surface area contributed by atoms with E-state index in [0.717, 1.165) is 23.5 Å². The molecule has 0 saturated heterocycles. The average molecular weight is 356 g/mol. The van der Waals surface area contributed by atoms with Gasteiger partial charge in [-0.1, -0.05) is 47.3 Å². The Morgan fingerprint density at radius 3 is 2.68 bits per heavy atom. The highest BCUT2D eigenvalue weighted by Gasteiger charge is 2.16. The second-order valence-corrected chi connectivity index (χ2v) is 5.85. The molecule has 3 N–H and O–H groups in total. The molecule has 0 aliphatic carbocycles. The van der Waals surface area contributed by atoms with Crippen molar-refractivity contribution >= 4 is 29.3 Å². The predicted octanol–water partition coefficient (Wildman–Crippen LogP) is 2.39. The van der Waals surface area contributed by atoms with E-state index in [1.807, 2.05) is 30.3 Å². The number of carbonyl (C=O) groups excluding carboxylic acids is 1. The quantitative estimate of drug-likeness (QED) is 0.388. The van der Waals surface area contributed by atoms with Gasteiger partial charge in [0.05, 0.1) is 5.75 Å². The van der Waals surface area contributed by atoms with Crippen LogP contribution in [0.4, 0.5) is 5.82 Å². The van der Waals surface area contributed by atoms with Crippen molar-refractivity contribution < 1.29 is 19.2 Å². The second-order valence-electron chi connectivity index (χ2n) is 4.91. The van der Waals surface area contributed by atoms with Crippen molar-refractivity contribution in [2.75, 3.05) is 11.5 Å². The lowest BCUT2D eigenvalue weighted by molar-refractivity contribution is 0.0696. The number of nitrogens with two attached hydrogens (primary N) is 1. The summed E-state index contributed by atoms with van der Waals surface area (Å²) in [5.41, 5.74) is 6.78. The molecular weight excluding hydrogens is 344 g/mol. The fourth-order valence-electron chi connectivity index (χ4n) is 1.97. The third-order valence-electron chi connectivity index (χ3n) is 3.21. The number of nitrogen functional groups attached to an aromatic ring is 1. The molecule has 3 aromatic rings. The minimum atomic E-state index is -1.21. The van der Waals surface area contributed by atoms with Crippen molar-refractivity contribution in [3.05, 3.63) is 53.9 Å². The summed E-state index contributed by atoms with van der Waals surface area (Å²) in [5, 5.41) is 13.0. The highest BCUT2D eigenvalue weighted by molar-refractivity contribution is 7.99. The van der Waals surface area contributed by atoms with Crippen LogP contribution >= 0.6 is 11.8 Å². The largest absolute Gasteiger partial charge is 0.477 e. The lowest BCUT2D eigenvalue weighted by Crippen LogP contribution is -2.07. The summed E-state index contributed by atoms with van der Waals surface area (Å²) in [6, 6.07) is 10.9. The van der Waals surface area contributed by atoms with Gasteiger partial charge >= 0.3 is 5.97 Å². The van der Waals surface area contributed by atoms with Crippen LogP contribution in [0.25, 0.3) is 11.3 Å². The van der Waals surface area contributed by atoms with Crippen molar-refractivity contribution in [1.82, 2.24) is 15.1 Å². The molecule has 2 aromatic heterocycles. The third kappa shape index (κ3) is 3.83. The van der Waals surface area contributed by atoms with Gasteiger partial charge in [-0.05, 0) is 0 Å². The monoisotopic (exact) mass is 356 g/mol. The normalized spacial score (nSPS) is 10.6. The summed E-state index contributed by atoms with van der Waals surface area (Å²) >= 11 is 1.03. The molecule has 0 spiro atoms. The van der Waals surface area contributed by atoms with E-state index in [2.05, 4.69) is 15.1 Å². The molecule has 0 amide bonds. The fourth-order valence-corrected chi connectivity index (χ4v) is 2.66. The van der Waals surface area contributed by atoms with Gasteiger partial charge in [0.1, 0.15) is 17.1 Å². The Balaban J connectivity index is 1.66. The molecule has 3 rings (SSSR count). The first kappa shape index (κ1) is 16.7. The van der Waals surface area contributed by atoms with Crippen LogP contribution in [0.1, 0.15) is 20.9 Å². The van der Waals surface area contributed by atoms with E-state index in [4.69, 9.17) is 15.4 Å². The van der Waals surface area contributed by atoms with E-state index in [-0.39, 0.29) is 33.8 Å². The summed E-state index contributed by atoms with van der Waals surface area (Å²) in [6.07, 6.45) is 1.11. The Morgan fingerprint density at radius 2 is 2.00 bits per heavy atom. The maximum absolute atomic E-state index is 12.2. The van der Waals surface area contributed by atoms with Crippen LogP contribution in [0, 0.1) is 0 Å². The topological polar surface area (TPSA) is 132 Å². The maximum atomic E-state index is 12.2. The molecule has 0 aliphatic heterocycles. The van der Waals surface area contributed by atoms with E-state index < -0.39 is 5.97 Å². The highest BCUT2D eigenvalue weighted by atomic mass is 32.2. The molecule has 1 aromatic carbocycles. The van der Waals surface area contributed by atoms with E-state index in [9.17, 15) is 9.59 Å². The van der Waals surface area contributed by atoms with Gasteiger partial charge in [0.15, 0.2) is 5.16 Å². The molecule has 0 unspecified atom stereocenters. The number of carbonyl (C=O) groups is 2. The number of carboxylic acids is 1. The molecule has 8 nitrogen and oxygen atoms in total. The lowest BCUT2D eigenvalue weighted by Gasteiger charge is -2.02. The molecule has 25 heavy (non-hydrogen) atoms. The number of anilines is 1. The summed E-state index contributed by atoms with van der Waals surface area (Å²) < 4.78 is 5.09. The molecule has 2 heterocycles. The number of hydrogen-bond donors (Lipinski definition) is 2. The van der Waals surface area contributed by atoms with Crippen LogP contribution in [0.5, 0.6) is 0 Å². The van der Waals surface area contributed by atoms with Gasteiger partial charge < -0.3 is 15.4 Å². The number of aromatic nitrogens is 3. The molecule has 0 radical (unpaired) electrons. The van der Waals surface area contributed by atoms with Crippen molar-refractivity contribution in [3.63, 3.8) is 0 Å². The van der Waals surface area contributed by atoms with Gasteiger partial charge in [-0.25, -0.2) is 14.8 Å². The Bertz CT molecular complexity index is 927. The SMILES string of the molecule is Nc1nc(SCC(=O)c2cc(-c3ccccc3)no2)ncc1C(=O)O. The Morgan fingerprint density at radius 1 is 1.24 bits per heavy atom. The molecule has 0 aliphatic rings. The zero-order chi connectivity index (χ0) is 17.8. The van der Waals surface area contributed by atoms with Crippen molar-refractivity contribution in [3.8, 4) is 11.3 Å². The van der Waals surface area contributed by atoms with Gasteiger partial charge in [0.2, 0.25) is 11.5 Å². The minimum absolute atomic E-state index is 0.00921.